The van der Waals surface area contributed by atoms with E-state index in [4.69, 9.17) is 9.47 Å². The number of benzene rings is 1. The monoisotopic (exact) mass is 372 g/mol. The summed E-state index contributed by atoms with van der Waals surface area (Å²) < 4.78 is 11.4. The summed E-state index contributed by atoms with van der Waals surface area (Å²) in [5.74, 6) is 1.80. The van der Waals surface area contributed by atoms with Crippen LogP contribution < -0.4 is 14.8 Å². The number of hydrogen-bond acceptors (Lipinski definition) is 5. The van der Waals surface area contributed by atoms with E-state index >= 15 is 0 Å². The molecule has 4 rings (SSSR count). The number of thiophene rings is 1. The van der Waals surface area contributed by atoms with Gasteiger partial charge in [0.2, 0.25) is 6.10 Å². The molecule has 1 N–H and O–H groups in total. The number of fused-ring (bicyclic) bond motifs is 1. The number of hydrogen-bond donors (Lipinski definition) is 1. The molecule has 6 heteroatoms. The van der Waals surface area contributed by atoms with Gasteiger partial charge in [-0.15, -0.1) is 0 Å². The Labute approximate surface area is 157 Å². The second kappa shape index (κ2) is 8.10. The van der Waals surface area contributed by atoms with Crippen molar-refractivity contribution in [3.63, 3.8) is 0 Å². The Morgan fingerprint density at radius 3 is 2.77 bits per heavy atom. The Bertz CT molecular complexity index is 726. The molecule has 0 bridgehead atoms. The molecular formula is C20H24N2O3S. The fourth-order valence-corrected chi connectivity index (χ4v) is 4.16. The topological polar surface area (TPSA) is 50.8 Å². The first-order valence-corrected chi connectivity index (χ1v) is 10.1. The summed E-state index contributed by atoms with van der Waals surface area (Å²) in [6.07, 6.45) is 1.67. The van der Waals surface area contributed by atoms with Gasteiger partial charge in [0, 0.05) is 13.1 Å². The van der Waals surface area contributed by atoms with Crippen molar-refractivity contribution in [3.8, 4) is 11.5 Å². The zero-order valence-corrected chi connectivity index (χ0v) is 15.5. The molecule has 0 saturated carbocycles. The first-order valence-electron chi connectivity index (χ1n) is 9.17. The number of nitrogens with zero attached hydrogens (tertiary/aromatic N) is 1. The highest BCUT2D eigenvalue weighted by Crippen LogP contribution is 2.30. The highest BCUT2D eigenvalue weighted by Gasteiger charge is 2.28. The molecule has 2 aromatic rings. The summed E-state index contributed by atoms with van der Waals surface area (Å²) >= 11 is 1.75. The van der Waals surface area contributed by atoms with Gasteiger partial charge in [0.05, 0.1) is 0 Å². The van der Waals surface area contributed by atoms with Crippen molar-refractivity contribution in [1.82, 2.24) is 10.2 Å². The van der Waals surface area contributed by atoms with E-state index in [9.17, 15) is 4.79 Å². The summed E-state index contributed by atoms with van der Waals surface area (Å²) in [6, 6.07) is 9.66. The van der Waals surface area contributed by atoms with Gasteiger partial charge in [-0.3, -0.25) is 9.69 Å². The van der Waals surface area contributed by atoms with Gasteiger partial charge in [0.1, 0.15) is 6.61 Å². The third-order valence-electron chi connectivity index (χ3n) is 5.06. The van der Waals surface area contributed by atoms with Gasteiger partial charge in [0.15, 0.2) is 11.5 Å². The maximum atomic E-state index is 12.4. The second-order valence-corrected chi connectivity index (χ2v) is 7.74. The Morgan fingerprint density at radius 2 is 2.00 bits per heavy atom. The van der Waals surface area contributed by atoms with E-state index in [1.165, 1.54) is 5.56 Å². The van der Waals surface area contributed by atoms with Crippen molar-refractivity contribution in [3.05, 3.63) is 46.7 Å². The van der Waals surface area contributed by atoms with Crippen LogP contribution in [0.3, 0.4) is 0 Å². The standard InChI is InChI=1S/C20H24N2O3S/c23-20(19-13-24-17-3-1-2-4-18(17)25-19)21-11-15-5-8-22(9-6-15)12-16-7-10-26-14-16/h1-4,7,10,14-15,19H,5-6,8-9,11-13H2,(H,21,23)/t19-/m1/s1. The molecule has 5 nitrogen and oxygen atoms in total. The Morgan fingerprint density at radius 1 is 1.19 bits per heavy atom. The van der Waals surface area contributed by atoms with E-state index in [1.54, 1.807) is 11.3 Å². The minimum Gasteiger partial charge on any atom is -0.485 e. The molecule has 1 fully saturated rings. The summed E-state index contributed by atoms with van der Waals surface area (Å²) in [4.78, 5) is 14.9. The van der Waals surface area contributed by atoms with Gasteiger partial charge >= 0.3 is 0 Å². The van der Waals surface area contributed by atoms with Crippen LogP contribution in [0.5, 0.6) is 11.5 Å². The highest BCUT2D eigenvalue weighted by molar-refractivity contribution is 7.07. The lowest BCUT2D eigenvalue weighted by Gasteiger charge is -2.32. The molecule has 26 heavy (non-hydrogen) atoms. The molecule has 1 atom stereocenters. The van der Waals surface area contributed by atoms with Crippen LogP contribution in [0.15, 0.2) is 41.1 Å². The molecule has 0 aliphatic carbocycles. The maximum Gasteiger partial charge on any atom is 0.264 e. The zero-order valence-electron chi connectivity index (χ0n) is 14.7. The van der Waals surface area contributed by atoms with E-state index in [0.717, 1.165) is 32.5 Å². The number of carbonyl (C=O) groups is 1. The lowest BCUT2D eigenvalue weighted by Crippen LogP contribution is -2.46. The van der Waals surface area contributed by atoms with Crippen LogP contribution in [-0.4, -0.2) is 43.2 Å². The van der Waals surface area contributed by atoms with Gasteiger partial charge in [0.25, 0.3) is 5.91 Å². The number of rotatable bonds is 5. The highest BCUT2D eigenvalue weighted by atomic mass is 32.1. The maximum absolute atomic E-state index is 12.4. The van der Waals surface area contributed by atoms with Gasteiger partial charge < -0.3 is 14.8 Å². The first-order chi connectivity index (χ1) is 12.8. The molecule has 3 heterocycles. The molecule has 138 valence electrons. The molecule has 1 aromatic heterocycles. The molecular weight excluding hydrogens is 348 g/mol. The average Bonchev–Trinajstić information content (AvgIpc) is 3.20. The van der Waals surface area contributed by atoms with Crippen molar-refractivity contribution in [2.24, 2.45) is 5.92 Å². The van der Waals surface area contributed by atoms with E-state index in [1.807, 2.05) is 24.3 Å². The Hall–Kier alpha value is -2.05. The van der Waals surface area contributed by atoms with Crippen molar-refractivity contribution < 1.29 is 14.3 Å². The molecule has 2 aliphatic rings. The van der Waals surface area contributed by atoms with Gasteiger partial charge in [-0.25, -0.2) is 0 Å². The summed E-state index contributed by atoms with van der Waals surface area (Å²) in [5.41, 5.74) is 1.40. The Balaban J connectivity index is 1.20. The van der Waals surface area contributed by atoms with Crippen LogP contribution in [0, 0.1) is 5.92 Å². The number of amides is 1. The smallest absolute Gasteiger partial charge is 0.264 e. The predicted octanol–water partition coefficient (Wildman–Crippen LogP) is 2.92. The van der Waals surface area contributed by atoms with Crippen LogP contribution >= 0.6 is 11.3 Å². The van der Waals surface area contributed by atoms with E-state index < -0.39 is 6.10 Å². The second-order valence-electron chi connectivity index (χ2n) is 6.96. The van der Waals surface area contributed by atoms with Crippen LogP contribution in [0.2, 0.25) is 0 Å². The van der Waals surface area contributed by atoms with Crippen molar-refractivity contribution in [2.75, 3.05) is 26.2 Å². The predicted molar refractivity (Wildman–Crippen MR) is 102 cm³/mol. The summed E-state index contributed by atoms with van der Waals surface area (Å²) in [6.45, 7) is 4.20. The third-order valence-corrected chi connectivity index (χ3v) is 5.79. The van der Waals surface area contributed by atoms with Crippen LogP contribution in [0.25, 0.3) is 0 Å². The molecule has 2 aliphatic heterocycles. The lowest BCUT2D eigenvalue weighted by molar-refractivity contribution is -0.130. The van der Waals surface area contributed by atoms with Gasteiger partial charge in [-0.1, -0.05) is 12.1 Å². The molecule has 0 spiro atoms. The van der Waals surface area contributed by atoms with Gasteiger partial charge in [-0.2, -0.15) is 11.3 Å². The van der Waals surface area contributed by atoms with Crippen LogP contribution in [-0.2, 0) is 11.3 Å². The lowest BCUT2D eigenvalue weighted by atomic mass is 9.96. The van der Waals surface area contributed by atoms with Crippen LogP contribution in [0.1, 0.15) is 18.4 Å². The molecule has 1 saturated heterocycles. The molecule has 1 aromatic carbocycles. The van der Waals surface area contributed by atoms with Crippen molar-refractivity contribution in [2.45, 2.75) is 25.5 Å². The number of piperidine rings is 1. The normalized spacial score (nSPS) is 20.7. The third kappa shape index (κ3) is 4.19. The number of para-hydroxylation sites is 2. The van der Waals surface area contributed by atoms with E-state index in [-0.39, 0.29) is 12.5 Å². The summed E-state index contributed by atoms with van der Waals surface area (Å²) in [7, 11) is 0. The minimum absolute atomic E-state index is 0.0831. The van der Waals surface area contributed by atoms with E-state index in [0.29, 0.717) is 24.0 Å². The Kier molecular flexibility index (Phi) is 5.41. The SMILES string of the molecule is O=C(NCC1CCN(Cc2ccsc2)CC1)[C@H]1COc2ccccc2O1. The van der Waals surface area contributed by atoms with Gasteiger partial charge in [-0.05, 0) is 66.4 Å². The molecule has 1 amide bonds. The first kappa shape index (κ1) is 17.4. The van der Waals surface area contributed by atoms with E-state index in [2.05, 4.69) is 27.0 Å². The number of likely N-dealkylation sites (tertiary alicyclic amines) is 1. The quantitative estimate of drug-likeness (QED) is 0.877. The summed E-state index contributed by atoms with van der Waals surface area (Å²) in [5, 5.41) is 7.40. The number of nitrogens with one attached hydrogen (secondary N) is 1. The minimum atomic E-state index is -0.566. The number of ether oxygens (including phenoxy) is 2. The largest absolute Gasteiger partial charge is 0.485 e. The fraction of sp³-hybridized carbons (Fsp3) is 0.450. The van der Waals surface area contributed by atoms with Crippen LogP contribution in [0.4, 0.5) is 0 Å². The molecule has 0 radical (unpaired) electrons. The van der Waals surface area contributed by atoms with Crippen molar-refractivity contribution in [1.29, 1.82) is 0 Å². The van der Waals surface area contributed by atoms with Crippen molar-refractivity contribution >= 4 is 17.2 Å². The average molecular weight is 372 g/mol. The molecule has 0 unspecified atom stereocenters. The zero-order chi connectivity index (χ0) is 17.8. The number of carbonyl (C=O) groups excluding carboxylic acids is 1. The fourth-order valence-electron chi connectivity index (χ4n) is 3.50.